The first kappa shape index (κ1) is 21.4. The Morgan fingerprint density at radius 3 is 2.64 bits per heavy atom. The molecule has 3 fully saturated rings. The number of hydrogen-bond donors (Lipinski definition) is 2. The van der Waals surface area contributed by atoms with Gasteiger partial charge in [0.1, 0.15) is 6.04 Å². The molecule has 0 radical (unpaired) electrons. The van der Waals surface area contributed by atoms with Gasteiger partial charge < -0.3 is 16.0 Å². The summed E-state index contributed by atoms with van der Waals surface area (Å²) >= 11 is 6.10. The SMILES string of the molecule is Cl.NCC(NC(=O)C1CC2CCCCC2N1C(=O)c1cccc(Cl)c1)C1CC1. The van der Waals surface area contributed by atoms with E-state index < -0.39 is 6.04 Å². The Kier molecular flexibility index (Phi) is 6.89. The molecule has 2 aliphatic carbocycles. The van der Waals surface area contributed by atoms with Crippen LogP contribution in [0.3, 0.4) is 0 Å². The van der Waals surface area contributed by atoms with Crippen LogP contribution in [0.1, 0.15) is 55.3 Å². The number of nitrogens with one attached hydrogen (secondary N) is 1. The lowest BCUT2D eigenvalue weighted by Gasteiger charge is -2.34. The van der Waals surface area contributed by atoms with Gasteiger partial charge in [-0.05, 0) is 62.1 Å². The van der Waals surface area contributed by atoms with Crippen LogP contribution in [0.5, 0.6) is 0 Å². The Balaban J connectivity index is 0.00000225. The van der Waals surface area contributed by atoms with Gasteiger partial charge in [-0.2, -0.15) is 0 Å². The third kappa shape index (κ3) is 4.32. The van der Waals surface area contributed by atoms with Crippen molar-refractivity contribution in [1.29, 1.82) is 0 Å². The fourth-order valence-electron chi connectivity index (χ4n) is 4.90. The van der Waals surface area contributed by atoms with Crippen molar-refractivity contribution in [3.63, 3.8) is 0 Å². The summed E-state index contributed by atoms with van der Waals surface area (Å²) in [4.78, 5) is 28.3. The van der Waals surface area contributed by atoms with Crippen LogP contribution in [0.25, 0.3) is 0 Å². The highest BCUT2D eigenvalue weighted by atomic mass is 35.5. The first-order valence-corrected chi connectivity index (χ1v) is 10.5. The maximum absolute atomic E-state index is 13.3. The maximum atomic E-state index is 13.3. The van der Waals surface area contributed by atoms with Crippen LogP contribution in [0, 0.1) is 11.8 Å². The third-order valence-corrected chi connectivity index (χ3v) is 6.70. The van der Waals surface area contributed by atoms with E-state index in [0.29, 0.717) is 29.0 Å². The minimum atomic E-state index is -0.405. The Morgan fingerprint density at radius 1 is 1.21 bits per heavy atom. The molecular weight excluding hydrogens is 397 g/mol. The van der Waals surface area contributed by atoms with Gasteiger partial charge in [-0.25, -0.2) is 0 Å². The zero-order valence-electron chi connectivity index (χ0n) is 16.0. The molecule has 1 aromatic carbocycles. The molecule has 4 unspecified atom stereocenters. The number of carbonyl (C=O) groups excluding carboxylic acids is 2. The molecule has 0 aromatic heterocycles. The summed E-state index contributed by atoms with van der Waals surface area (Å²) < 4.78 is 0. The van der Waals surface area contributed by atoms with E-state index in [1.165, 1.54) is 6.42 Å². The molecule has 4 rings (SSSR count). The second-order valence-corrected chi connectivity index (χ2v) is 8.71. The minimum Gasteiger partial charge on any atom is -0.350 e. The third-order valence-electron chi connectivity index (χ3n) is 6.47. The van der Waals surface area contributed by atoms with Crippen LogP contribution in [-0.4, -0.2) is 41.4 Å². The molecule has 1 saturated heterocycles. The quantitative estimate of drug-likeness (QED) is 0.758. The first-order chi connectivity index (χ1) is 13.1. The number of likely N-dealkylation sites (tertiary alicyclic amines) is 1. The van der Waals surface area contributed by atoms with Crippen molar-refractivity contribution < 1.29 is 9.59 Å². The van der Waals surface area contributed by atoms with E-state index in [4.69, 9.17) is 17.3 Å². The number of nitrogens with zero attached hydrogens (tertiary/aromatic N) is 1. The summed E-state index contributed by atoms with van der Waals surface area (Å²) in [6, 6.07) is 6.81. The summed E-state index contributed by atoms with van der Waals surface area (Å²) in [6.07, 6.45) is 7.38. The molecule has 4 atom stereocenters. The van der Waals surface area contributed by atoms with E-state index in [9.17, 15) is 9.59 Å². The van der Waals surface area contributed by atoms with Gasteiger partial charge in [-0.3, -0.25) is 9.59 Å². The predicted molar refractivity (Wildman–Crippen MR) is 113 cm³/mol. The Hall–Kier alpha value is -1.30. The average Bonchev–Trinajstić information content (AvgIpc) is 3.44. The summed E-state index contributed by atoms with van der Waals surface area (Å²) in [5.74, 6) is 0.791. The molecular formula is C21H29Cl2N3O2. The van der Waals surface area contributed by atoms with Crippen molar-refractivity contribution in [1.82, 2.24) is 10.2 Å². The molecule has 7 heteroatoms. The van der Waals surface area contributed by atoms with E-state index in [-0.39, 0.29) is 36.3 Å². The van der Waals surface area contributed by atoms with Gasteiger partial charge >= 0.3 is 0 Å². The topological polar surface area (TPSA) is 75.4 Å². The maximum Gasteiger partial charge on any atom is 0.254 e. The van der Waals surface area contributed by atoms with Gasteiger partial charge in [0, 0.05) is 29.2 Å². The van der Waals surface area contributed by atoms with Crippen LogP contribution < -0.4 is 11.1 Å². The molecule has 3 aliphatic rings. The molecule has 154 valence electrons. The van der Waals surface area contributed by atoms with E-state index in [1.807, 2.05) is 4.90 Å². The smallest absolute Gasteiger partial charge is 0.254 e. The van der Waals surface area contributed by atoms with E-state index in [0.717, 1.165) is 38.5 Å². The van der Waals surface area contributed by atoms with Gasteiger partial charge in [0.25, 0.3) is 5.91 Å². The zero-order valence-corrected chi connectivity index (χ0v) is 17.6. The number of carbonyl (C=O) groups is 2. The van der Waals surface area contributed by atoms with Crippen molar-refractivity contribution in [2.45, 2.75) is 63.1 Å². The number of hydrogen-bond acceptors (Lipinski definition) is 3. The van der Waals surface area contributed by atoms with Gasteiger partial charge in [0.15, 0.2) is 0 Å². The molecule has 1 aromatic rings. The lowest BCUT2D eigenvalue weighted by Crippen LogP contribution is -2.53. The molecule has 28 heavy (non-hydrogen) atoms. The van der Waals surface area contributed by atoms with E-state index in [1.54, 1.807) is 24.3 Å². The van der Waals surface area contributed by atoms with Crippen LogP contribution in [-0.2, 0) is 4.79 Å². The molecule has 2 amide bonds. The summed E-state index contributed by atoms with van der Waals surface area (Å²) in [7, 11) is 0. The number of nitrogens with two attached hydrogens (primary N) is 1. The number of fused-ring (bicyclic) bond motifs is 1. The predicted octanol–water partition coefficient (Wildman–Crippen LogP) is 3.39. The van der Waals surface area contributed by atoms with E-state index >= 15 is 0 Å². The number of rotatable bonds is 5. The largest absolute Gasteiger partial charge is 0.350 e. The van der Waals surface area contributed by atoms with Crippen molar-refractivity contribution >= 4 is 35.8 Å². The van der Waals surface area contributed by atoms with Crippen LogP contribution in [0.2, 0.25) is 5.02 Å². The molecule has 0 bridgehead atoms. The second kappa shape index (κ2) is 9.02. The lowest BCUT2D eigenvalue weighted by molar-refractivity contribution is -0.126. The van der Waals surface area contributed by atoms with Crippen LogP contribution in [0.15, 0.2) is 24.3 Å². The highest BCUT2D eigenvalue weighted by molar-refractivity contribution is 6.31. The second-order valence-electron chi connectivity index (χ2n) is 8.27. The van der Waals surface area contributed by atoms with Crippen molar-refractivity contribution in [3.8, 4) is 0 Å². The normalized spacial score (nSPS) is 27.5. The number of halogens is 2. The highest BCUT2D eigenvalue weighted by Gasteiger charge is 2.48. The lowest BCUT2D eigenvalue weighted by atomic mass is 9.84. The molecule has 5 nitrogen and oxygen atoms in total. The highest BCUT2D eigenvalue weighted by Crippen LogP contribution is 2.41. The van der Waals surface area contributed by atoms with Crippen molar-refractivity contribution in [3.05, 3.63) is 34.9 Å². The summed E-state index contributed by atoms with van der Waals surface area (Å²) in [6.45, 7) is 0.457. The number of benzene rings is 1. The molecule has 1 aliphatic heterocycles. The Labute approximate surface area is 177 Å². The van der Waals surface area contributed by atoms with Gasteiger partial charge in [0.2, 0.25) is 5.91 Å². The fraction of sp³-hybridized carbons (Fsp3) is 0.619. The van der Waals surface area contributed by atoms with Crippen molar-refractivity contribution in [2.24, 2.45) is 17.6 Å². The van der Waals surface area contributed by atoms with Crippen molar-refractivity contribution in [2.75, 3.05) is 6.54 Å². The van der Waals surface area contributed by atoms with Crippen LogP contribution >= 0.6 is 24.0 Å². The van der Waals surface area contributed by atoms with Gasteiger partial charge in [-0.15, -0.1) is 12.4 Å². The summed E-state index contributed by atoms with van der Waals surface area (Å²) in [5.41, 5.74) is 6.43. The van der Waals surface area contributed by atoms with E-state index in [2.05, 4.69) is 5.32 Å². The zero-order chi connectivity index (χ0) is 19.0. The first-order valence-electron chi connectivity index (χ1n) is 10.2. The summed E-state index contributed by atoms with van der Waals surface area (Å²) in [5, 5.41) is 3.68. The average molecular weight is 426 g/mol. The molecule has 1 heterocycles. The minimum absolute atomic E-state index is 0. The standard InChI is InChI=1S/C21H28ClN3O2.ClH/c22-16-6-3-5-15(10-16)21(27)25-18-7-2-1-4-14(18)11-19(25)20(26)24-17(12-23)13-8-9-13;/h3,5-6,10,13-14,17-19H,1-2,4,7-9,11-12,23H2,(H,24,26);1H. The molecule has 0 spiro atoms. The van der Waals surface area contributed by atoms with Gasteiger partial charge in [-0.1, -0.05) is 30.5 Å². The monoisotopic (exact) mass is 425 g/mol. The fourth-order valence-corrected chi connectivity index (χ4v) is 5.09. The molecule has 3 N–H and O–H groups in total. The number of amides is 2. The Bertz CT molecular complexity index is 725. The Morgan fingerprint density at radius 2 is 1.96 bits per heavy atom. The van der Waals surface area contributed by atoms with Gasteiger partial charge in [0.05, 0.1) is 0 Å². The van der Waals surface area contributed by atoms with Crippen LogP contribution in [0.4, 0.5) is 0 Å². The molecule has 2 saturated carbocycles.